The fourth-order valence-corrected chi connectivity index (χ4v) is 5.69. The number of imidazole rings is 1. The van der Waals surface area contributed by atoms with Gasteiger partial charge >= 0.3 is 5.97 Å². The van der Waals surface area contributed by atoms with Crippen molar-refractivity contribution in [3.8, 4) is 0 Å². The van der Waals surface area contributed by atoms with Gasteiger partial charge in [-0.05, 0) is 53.6 Å². The highest BCUT2D eigenvalue weighted by atomic mass is 16.4. The predicted molar refractivity (Wildman–Crippen MR) is 147 cm³/mol. The second kappa shape index (κ2) is 11.6. The Morgan fingerprint density at radius 2 is 1.92 bits per heavy atom. The van der Waals surface area contributed by atoms with E-state index < -0.39 is 5.97 Å². The molecule has 0 saturated heterocycles. The number of carboxylic acids is 1. The minimum atomic E-state index is -0.821. The molecular weight excluding hydrogens is 448 g/mol. The SMILES string of the molecule is CNc1ccc(C(CC(=O)O)c2ccc(C)c(Cn3ccnc3CC3CCCCCC3)c2)c(C)c1N. The van der Waals surface area contributed by atoms with Gasteiger partial charge in [-0.15, -0.1) is 0 Å². The molecule has 1 fully saturated rings. The lowest BCUT2D eigenvalue weighted by Gasteiger charge is -2.22. The Bertz CT molecular complexity index is 1190. The minimum absolute atomic E-state index is 0.0136. The number of nitrogen functional groups attached to an aromatic ring is 1. The largest absolute Gasteiger partial charge is 0.481 e. The molecule has 0 radical (unpaired) electrons. The molecule has 0 aliphatic heterocycles. The maximum absolute atomic E-state index is 11.9. The fraction of sp³-hybridized carbons (Fsp3) is 0.467. The Hall–Kier alpha value is -3.28. The molecule has 4 N–H and O–H groups in total. The number of nitrogens with zero attached hydrogens (tertiary/aromatic N) is 2. The van der Waals surface area contributed by atoms with Gasteiger partial charge < -0.3 is 20.7 Å². The van der Waals surface area contributed by atoms with Crippen molar-refractivity contribution in [3.05, 3.63) is 76.4 Å². The topological polar surface area (TPSA) is 93.2 Å². The van der Waals surface area contributed by atoms with E-state index in [1.54, 1.807) is 0 Å². The number of hydrogen-bond acceptors (Lipinski definition) is 4. The number of carbonyl (C=O) groups is 1. The van der Waals surface area contributed by atoms with Gasteiger partial charge in [-0.2, -0.15) is 0 Å². The summed E-state index contributed by atoms with van der Waals surface area (Å²) in [6.45, 7) is 4.83. The summed E-state index contributed by atoms with van der Waals surface area (Å²) in [6, 6.07) is 10.3. The standard InChI is InChI=1S/C30H40N4O2/c1-20-10-11-23(26(18-29(35)36)25-12-13-27(32-3)30(31)21(25)2)17-24(20)19-34-15-14-33-28(34)16-22-8-6-4-5-7-9-22/h10-15,17,22,26,32H,4-9,16,18-19,31H2,1-3H3,(H,35,36). The number of anilines is 2. The zero-order valence-electron chi connectivity index (χ0n) is 21.9. The lowest BCUT2D eigenvalue weighted by molar-refractivity contribution is -0.137. The van der Waals surface area contributed by atoms with Gasteiger partial charge in [0.05, 0.1) is 17.8 Å². The van der Waals surface area contributed by atoms with Gasteiger partial charge in [-0.25, -0.2) is 4.98 Å². The lowest BCUT2D eigenvalue weighted by atomic mass is 9.84. The Kier molecular flexibility index (Phi) is 8.34. The van der Waals surface area contributed by atoms with E-state index in [2.05, 4.69) is 41.2 Å². The quantitative estimate of drug-likeness (QED) is 0.243. The van der Waals surface area contributed by atoms with Crippen molar-refractivity contribution in [2.24, 2.45) is 5.92 Å². The summed E-state index contributed by atoms with van der Waals surface area (Å²) in [4.78, 5) is 16.6. The first-order valence-electron chi connectivity index (χ1n) is 13.2. The van der Waals surface area contributed by atoms with E-state index in [-0.39, 0.29) is 12.3 Å². The highest BCUT2D eigenvalue weighted by molar-refractivity contribution is 5.74. The number of rotatable bonds is 9. The van der Waals surface area contributed by atoms with E-state index in [1.165, 1.54) is 49.7 Å². The van der Waals surface area contributed by atoms with Gasteiger partial charge in [-0.1, -0.05) is 62.8 Å². The summed E-state index contributed by atoms with van der Waals surface area (Å²) < 4.78 is 2.27. The summed E-state index contributed by atoms with van der Waals surface area (Å²) in [5.41, 5.74) is 13.2. The van der Waals surface area contributed by atoms with Crippen LogP contribution in [0.2, 0.25) is 0 Å². The zero-order valence-corrected chi connectivity index (χ0v) is 21.9. The predicted octanol–water partition coefficient (Wildman–Crippen LogP) is 6.29. The van der Waals surface area contributed by atoms with Crippen LogP contribution in [-0.2, 0) is 17.8 Å². The molecule has 0 bridgehead atoms. The average molecular weight is 489 g/mol. The first-order chi connectivity index (χ1) is 17.4. The van der Waals surface area contributed by atoms with Crippen LogP contribution in [0.4, 0.5) is 11.4 Å². The third kappa shape index (κ3) is 5.92. The molecule has 192 valence electrons. The van der Waals surface area contributed by atoms with Crippen LogP contribution in [-0.4, -0.2) is 27.7 Å². The third-order valence-corrected chi connectivity index (χ3v) is 7.94. The van der Waals surface area contributed by atoms with E-state index in [4.69, 9.17) is 10.7 Å². The number of hydrogen-bond donors (Lipinski definition) is 3. The third-order valence-electron chi connectivity index (χ3n) is 7.94. The Morgan fingerprint density at radius 1 is 1.17 bits per heavy atom. The molecule has 1 aromatic heterocycles. The van der Waals surface area contributed by atoms with E-state index in [0.29, 0.717) is 5.69 Å². The summed E-state index contributed by atoms with van der Waals surface area (Å²) in [5.74, 6) is 0.775. The molecule has 1 aliphatic carbocycles. The molecular formula is C30H40N4O2. The Labute approximate surface area is 214 Å². The van der Waals surface area contributed by atoms with Crippen molar-refractivity contribution >= 4 is 17.3 Å². The molecule has 1 saturated carbocycles. The first kappa shape index (κ1) is 25.8. The molecule has 3 aromatic rings. The molecule has 1 aliphatic rings. The molecule has 6 nitrogen and oxygen atoms in total. The highest BCUT2D eigenvalue weighted by Gasteiger charge is 2.23. The fourth-order valence-electron chi connectivity index (χ4n) is 5.69. The molecule has 36 heavy (non-hydrogen) atoms. The molecule has 1 heterocycles. The highest BCUT2D eigenvalue weighted by Crippen LogP contribution is 2.36. The van der Waals surface area contributed by atoms with Crippen molar-refractivity contribution in [2.45, 2.75) is 77.7 Å². The summed E-state index contributed by atoms with van der Waals surface area (Å²) in [6.07, 6.45) is 13.0. The zero-order chi connectivity index (χ0) is 25.7. The summed E-state index contributed by atoms with van der Waals surface area (Å²) in [5, 5.41) is 12.9. The second-order valence-corrected chi connectivity index (χ2v) is 10.4. The maximum Gasteiger partial charge on any atom is 0.304 e. The number of nitrogens with one attached hydrogen (secondary N) is 1. The number of aromatic nitrogens is 2. The number of aryl methyl sites for hydroxylation is 1. The van der Waals surface area contributed by atoms with Gasteiger partial charge in [0.1, 0.15) is 5.82 Å². The first-order valence-corrected chi connectivity index (χ1v) is 13.2. The summed E-state index contributed by atoms with van der Waals surface area (Å²) in [7, 11) is 1.84. The van der Waals surface area contributed by atoms with Crippen molar-refractivity contribution in [1.29, 1.82) is 0 Å². The van der Waals surface area contributed by atoms with Crippen LogP contribution >= 0.6 is 0 Å². The van der Waals surface area contributed by atoms with Crippen molar-refractivity contribution in [1.82, 2.24) is 9.55 Å². The van der Waals surface area contributed by atoms with Crippen LogP contribution in [0.5, 0.6) is 0 Å². The normalized spacial score (nSPS) is 15.4. The van der Waals surface area contributed by atoms with Crippen molar-refractivity contribution < 1.29 is 9.90 Å². The number of benzene rings is 2. The minimum Gasteiger partial charge on any atom is -0.481 e. The average Bonchev–Trinajstić information content (AvgIpc) is 3.12. The molecule has 6 heteroatoms. The molecule has 1 unspecified atom stereocenters. The van der Waals surface area contributed by atoms with Crippen LogP contribution in [0.25, 0.3) is 0 Å². The number of aliphatic carboxylic acids is 1. The second-order valence-electron chi connectivity index (χ2n) is 10.4. The van der Waals surface area contributed by atoms with E-state index >= 15 is 0 Å². The van der Waals surface area contributed by atoms with Crippen LogP contribution in [0.1, 0.15) is 84.5 Å². The lowest BCUT2D eigenvalue weighted by Crippen LogP contribution is -2.13. The molecule has 0 amide bonds. The van der Waals surface area contributed by atoms with Crippen LogP contribution < -0.4 is 11.1 Å². The smallest absolute Gasteiger partial charge is 0.304 e. The Balaban J connectivity index is 1.63. The van der Waals surface area contributed by atoms with Gasteiger partial charge in [0.15, 0.2) is 0 Å². The summed E-state index contributed by atoms with van der Waals surface area (Å²) >= 11 is 0. The molecule has 1 atom stereocenters. The monoisotopic (exact) mass is 488 g/mol. The van der Waals surface area contributed by atoms with Gasteiger partial charge in [0.2, 0.25) is 0 Å². The van der Waals surface area contributed by atoms with Crippen molar-refractivity contribution in [3.63, 3.8) is 0 Å². The van der Waals surface area contributed by atoms with E-state index in [0.717, 1.165) is 47.1 Å². The molecule has 2 aromatic carbocycles. The van der Waals surface area contributed by atoms with Crippen molar-refractivity contribution in [2.75, 3.05) is 18.1 Å². The van der Waals surface area contributed by atoms with Crippen LogP contribution in [0.15, 0.2) is 42.7 Å². The van der Waals surface area contributed by atoms with Gasteiger partial charge in [0.25, 0.3) is 0 Å². The van der Waals surface area contributed by atoms with Gasteiger partial charge in [0, 0.05) is 38.3 Å². The van der Waals surface area contributed by atoms with Crippen LogP contribution in [0, 0.1) is 19.8 Å². The maximum atomic E-state index is 11.9. The number of carboxylic acid groups (broad SMARTS) is 1. The Morgan fingerprint density at radius 3 is 2.61 bits per heavy atom. The van der Waals surface area contributed by atoms with E-state index in [9.17, 15) is 9.90 Å². The van der Waals surface area contributed by atoms with Crippen LogP contribution in [0.3, 0.4) is 0 Å². The van der Waals surface area contributed by atoms with E-state index in [1.807, 2.05) is 32.3 Å². The number of nitrogens with two attached hydrogens (primary N) is 1. The van der Waals surface area contributed by atoms with Gasteiger partial charge in [-0.3, -0.25) is 4.79 Å². The molecule has 4 rings (SSSR count). The molecule has 0 spiro atoms.